The van der Waals surface area contributed by atoms with Gasteiger partial charge in [-0.15, -0.1) is 0 Å². The van der Waals surface area contributed by atoms with Gasteiger partial charge in [0.1, 0.15) is 5.84 Å². The van der Waals surface area contributed by atoms with Crippen LogP contribution in [0.5, 0.6) is 0 Å². The van der Waals surface area contributed by atoms with Crippen LogP contribution in [0.4, 0.5) is 0 Å². The molecule has 0 saturated heterocycles. The highest BCUT2D eigenvalue weighted by molar-refractivity contribution is 5.94. The highest BCUT2D eigenvalue weighted by Gasteiger charge is 1.80. The number of rotatable bonds is 0. The fraction of sp³-hybridized carbons (Fsp3) is 0.600. The zero-order valence-electron chi connectivity index (χ0n) is 5.47. The molecule has 8 heavy (non-hydrogen) atoms. The maximum Gasteiger partial charge on any atom is 0.144 e. The summed E-state index contributed by atoms with van der Waals surface area (Å²) in [5.74, 6) is 5.52. The van der Waals surface area contributed by atoms with Gasteiger partial charge in [-0.05, 0) is 20.8 Å². The van der Waals surface area contributed by atoms with Crippen LogP contribution in [-0.4, -0.2) is 11.5 Å². The molecule has 3 nitrogen and oxygen atoms in total. The molecule has 0 aliphatic carbocycles. The number of hydrogen-bond donors (Lipinski definition) is 1. The van der Waals surface area contributed by atoms with Crippen LogP contribution in [0.15, 0.2) is 10.1 Å². The van der Waals surface area contributed by atoms with Gasteiger partial charge in [-0.1, -0.05) is 0 Å². The van der Waals surface area contributed by atoms with E-state index in [0.717, 1.165) is 5.71 Å². The summed E-state index contributed by atoms with van der Waals surface area (Å²) >= 11 is 0. The molecule has 0 radical (unpaired) electrons. The first-order valence-corrected chi connectivity index (χ1v) is 2.43. The maximum absolute atomic E-state index is 4.90. The molecular weight excluding hydrogens is 102 g/mol. The Balaban J connectivity index is 3.89. The molecule has 0 aromatic rings. The maximum atomic E-state index is 4.90. The predicted octanol–water partition coefficient (Wildman–Crippen LogP) is 0.759. The van der Waals surface area contributed by atoms with E-state index < -0.39 is 0 Å². The molecule has 3 heteroatoms. The van der Waals surface area contributed by atoms with Crippen molar-refractivity contribution in [1.82, 2.24) is 0 Å². The van der Waals surface area contributed by atoms with Gasteiger partial charge in [-0.25, -0.2) is 4.99 Å². The van der Waals surface area contributed by atoms with E-state index in [1.807, 2.05) is 13.8 Å². The van der Waals surface area contributed by atoms with E-state index in [-0.39, 0.29) is 0 Å². The highest BCUT2D eigenvalue weighted by atomic mass is 15.2. The first-order chi connectivity index (χ1) is 3.66. The van der Waals surface area contributed by atoms with Crippen LogP contribution in [0.3, 0.4) is 0 Å². The van der Waals surface area contributed by atoms with E-state index in [1.54, 1.807) is 6.92 Å². The van der Waals surface area contributed by atoms with Crippen molar-refractivity contribution in [3.05, 3.63) is 0 Å². The molecule has 0 aliphatic heterocycles. The minimum absolute atomic E-state index is 0.616. The Bertz CT molecular complexity index is 120. The van der Waals surface area contributed by atoms with E-state index in [4.69, 9.17) is 5.84 Å². The molecule has 46 valence electrons. The Kier molecular flexibility index (Phi) is 2.84. The lowest BCUT2D eigenvalue weighted by Crippen LogP contribution is -1.94. The number of amidine groups is 1. The molecule has 0 aliphatic rings. The van der Waals surface area contributed by atoms with Crippen molar-refractivity contribution in [1.29, 1.82) is 0 Å². The average molecular weight is 113 g/mol. The summed E-state index contributed by atoms with van der Waals surface area (Å²) in [5, 5.41) is 3.36. The van der Waals surface area contributed by atoms with Gasteiger partial charge in [-0.3, -0.25) is 0 Å². The van der Waals surface area contributed by atoms with E-state index in [2.05, 4.69) is 10.1 Å². The average Bonchev–Trinajstić information content (AvgIpc) is 1.65. The van der Waals surface area contributed by atoms with Crippen LogP contribution < -0.4 is 5.84 Å². The molecule has 0 fully saturated rings. The van der Waals surface area contributed by atoms with E-state index >= 15 is 0 Å². The van der Waals surface area contributed by atoms with E-state index in [1.165, 1.54) is 0 Å². The minimum atomic E-state index is 0.616. The first kappa shape index (κ1) is 7.14. The number of hydrazone groups is 1. The number of nitrogens with two attached hydrogens (primary N) is 1. The Morgan fingerprint density at radius 2 is 1.75 bits per heavy atom. The monoisotopic (exact) mass is 113 g/mol. The normalized spacial score (nSPS) is 11.1. The van der Waals surface area contributed by atoms with Crippen molar-refractivity contribution in [3.8, 4) is 0 Å². The topological polar surface area (TPSA) is 50.7 Å². The van der Waals surface area contributed by atoms with Crippen LogP contribution in [0.25, 0.3) is 0 Å². The molecule has 0 bridgehead atoms. The number of hydrogen-bond acceptors (Lipinski definition) is 2. The van der Waals surface area contributed by atoms with Gasteiger partial charge in [-0.2, -0.15) is 5.10 Å². The summed E-state index contributed by atoms with van der Waals surface area (Å²) in [6, 6.07) is 0. The highest BCUT2D eigenvalue weighted by Crippen LogP contribution is 1.77. The number of aliphatic imine (C=N–C) groups is 1. The Labute approximate surface area is 49.3 Å². The molecule has 0 heterocycles. The Morgan fingerprint density at radius 1 is 1.25 bits per heavy atom. The second kappa shape index (κ2) is 3.18. The fourth-order valence-corrected chi connectivity index (χ4v) is 0.352. The van der Waals surface area contributed by atoms with Gasteiger partial charge >= 0.3 is 0 Å². The summed E-state index contributed by atoms with van der Waals surface area (Å²) in [5.41, 5.74) is 0.969. The lowest BCUT2D eigenvalue weighted by Gasteiger charge is -1.87. The Morgan fingerprint density at radius 3 is 1.88 bits per heavy atom. The number of nitrogens with zero attached hydrogens (tertiary/aromatic N) is 2. The van der Waals surface area contributed by atoms with Crippen LogP contribution in [-0.2, 0) is 0 Å². The lowest BCUT2D eigenvalue weighted by molar-refractivity contribution is 1.22. The summed E-state index contributed by atoms with van der Waals surface area (Å²) < 4.78 is 0. The second-order valence-electron chi connectivity index (χ2n) is 1.74. The van der Waals surface area contributed by atoms with Crippen LogP contribution in [0, 0.1) is 0 Å². The van der Waals surface area contributed by atoms with Crippen molar-refractivity contribution in [3.63, 3.8) is 0 Å². The second-order valence-corrected chi connectivity index (χ2v) is 1.74. The molecule has 0 atom stereocenters. The molecule has 0 aromatic carbocycles. The smallest absolute Gasteiger partial charge is 0.144 e. The first-order valence-electron chi connectivity index (χ1n) is 2.43. The summed E-state index contributed by atoms with van der Waals surface area (Å²) in [7, 11) is 0. The van der Waals surface area contributed by atoms with Crippen molar-refractivity contribution < 1.29 is 0 Å². The molecule has 0 aromatic heterocycles. The Hall–Kier alpha value is -0.860. The van der Waals surface area contributed by atoms with Gasteiger partial charge in [0.05, 0.1) is 0 Å². The summed E-state index contributed by atoms with van der Waals surface area (Å²) in [4.78, 5) is 3.94. The minimum Gasteiger partial charge on any atom is -0.322 e. The van der Waals surface area contributed by atoms with Crippen LogP contribution >= 0.6 is 0 Å². The quantitative estimate of drug-likeness (QED) is 0.214. The van der Waals surface area contributed by atoms with Crippen molar-refractivity contribution in [2.75, 3.05) is 0 Å². The predicted molar refractivity (Wildman–Crippen MR) is 36.1 cm³/mol. The summed E-state index contributed by atoms with van der Waals surface area (Å²) in [6.45, 7) is 5.55. The zero-order chi connectivity index (χ0) is 6.57. The molecule has 0 saturated carbocycles. The third-order valence-electron chi connectivity index (χ3n) is 0.572. The van der Waals surface area contributed by atoms with Gasteiger partial charge < -0.3 is 5.84 Å². The van der Waals surface area contributed by atoms with Crippen molar-refractivity contribution >= 4 is 11.5 Å². The third-order valence-corrected chi connectivity index (χ3v) is 0.572. The zero-order valence-corrected chi connectivity index (χ0v) is 5.47. The van der Waals surface area contributed by atoms with Gasteiger partial charge in [0.25, 0.3) is 0 Å². The van der Waals surface area contributed by atoms with Gasteiger partial charge in [0.15, 0.2) is 0 Å². The lowest BCUT2D eigenvalue weighted by atomic mass is 10.5. The standard InChI is InChI=1S/C5H11N3/c1-4(2)7-5(3)8-6/h6H2,1-3H3/b8-5-. The molecule has 2 N–H and O–H groups in total. The van der Waals surface area contributed by atoms with Crippen LogP contribution in [0.2, 0.25) is 0 Å². The molecule has 0 rings (SSSR count). The van der Waals surface area contributed by atoms with E-state index in [9.17, 15) is 0 Å². The van der Waals surface area contributed by atoms with E-state index in [0.29, 0.717) is 5.84 Å². The molecule has 0 amide bonds. The van der Waals surface area contributed by atoms with Crippen LogP contribution in [0.1, 0.15) is 20.8 Å². The van der Waals surface area contributed by atoms with Gasteiger partial charge in [0, 0.05) is 5.71 Å². The SMILES string of the molecule is CC(C)=N/C(C)=N\N. The molecule has 0 spiro atoms. The molecular formula is C5H11N3. The fourth-order valence-electron chi connectivity index (χ4n) is 0.352. The van der Waals surface area contributed by atoms with Crippen molar-refractivity contribution in [2.45, 2.75) is 20.8 Å². The third kappa shape index (κ3) is 3.33. The van der Waals surface area contributed by atoms with Gasteiger partial charge in [0.2, 0.25) is 0 Å². The largest absolute Gasteiger partial charge is 0.322 e. The summed E-state index contributed by atoms with van der Waals surface area (Å²) in [6.07, 6.45) is 0. The molecule has 0 unspecified atom stereocenters. The van der Waals surface area contributed by atoms with Crippen molar-refractivity contribution in [2.24, 2.45) is 15.9 Å².